The molecule has 0 aliphatic heterocycles. The second-order valence-corrected chi connectivity index (χ2v) is 6.51. The Morgan fingerprint density at radius 1 is 0.862 bits per heavy atom. The van der Waals surface area contributed by atoms with Crippen LogP contribution in [0.1, 0.15) is 21.5 Å². The van der Waals surface area contributed by atoms with Crippen LogP contribution in [0, 0.1) is 0 Å². The van der Waals surface area contributed by atoms with Crippen LogP contribution in [0.15, 0.2) is 72.8 Å². The van der Waals surface area contributed by atoms with E-state index < -0.39 is 12.0 Å². The first-order chi connectivity index (χ1) is 13.9. The summed E-state index contributed by atoms with van der Waals surface area (Å²) in [6.45, 7) is 0.288. The van der Waals surface area contributed by atoms with Crippen molar-refractivity contribution in [1.82, 2.24) is 0 Å². The molecule has 7 heteroatoms. The SMILES string of the molecule is NC(=O)c1ccc(CN(C(=O)OCc2cccc(N)c2)c2ccccc2N)cc1. The van der Waals surface area contributed by atoms with Crippen molar-refractivity contribution < 1.29 is 14.3 Å². The fourth-order valence-corrected chi connectivity index (χ4v) is 2.84. The van der Waals surface area contributed by atoms with Gasteiger partial charge in [0.25, 0.3) is 0 Å². The van der Waals surface area contributed by atoms with Gasteiger partial charge in [0, 0.05) is 11.3 Å². The molecule has 29 heavy (non-hydrogen) atoms. The number of carbonyl (C=O) groups is 2. The van der Waals surface area contributed by atoms with Gasteiger partial charge >= 0.3 is 6.09 Å². The highest BCUT2D eigenvalue weighted by Crippen LogP contribution is 2.25. The molecule has 0 unspecified atom stereocenters. The van der Waals surface area contributed by atoms with Crippen molar-refractivity contribution in [1.29, 1.82) is 0 Å². The number of para-hydroxylation sites is 2. The molecule has 0 radical (unpaired) electrons. The standard InChI is InChI=1S/C22H22N4O3/c23-18-5-3-4-16(12-18)14-29-22(28)26(20-7-2-1-6-19(20)24)13-15-8-10-17(11-9-15)21(25)27/h1-12H,13-14,23-24H2,(H2,25,27). The third kappa shape index (κ3) is 5.04. The summed E-state index contributed by atoms with van der Waals surface area (Å²) in [4.78, 5) is 25.6. The minimum Gasteiger partial charge on any atom is -0.444 e. The quantitative estimate of drug-likeness (QED) is 0.557. The molecule has 0 saturated heterocycles. The molecule has 7 nitrogen and oxygen atoms in total. The number of amides is 2. The maximum Gasteiger partial charge on any atom is 0.415 e. The van der Waals surface area contributed by atoms with E-state index in [0.717, 1.165) is 11.1 Å². The van der Waals surface area contributed by atoms with Gasteiger partial charge < -0.3 is 21.9 Å². The average Bonchev–Trinajstić information content (AvgIpc) is 2.71. The Morgan fingerprint density at radius 3 is 2.24 bits per heavy atom. The first-order valence-electron chi connectivity index (χ1n) is 8.96. The predicted molar refractivity (Wildman–Crippen MR) is 113 cm³/mol. The molecule has 6 N–H and O–H groups in total. The molecular formula is C22H22N4O3. The number of nitrogen functional groups attached to an aromatic ring is 2. The number of benzene rings is 3. The first-order valence-corrected chi connectivity index (χ1v) is 8.96. The lowest BCUT2D eigenvalue weighted by molar-refractivity contribution is 0.1000. The topological polar surface area (TPSA) is 125 Å². The highest BCUT2D eigenvalue weighted by atomic mass is 16.6. The minimum atomic E-state index is -0.552. The summed E-state index contributed by atoms with van der Waals surface area (Å²) in [7, 11) is 0. The van der Waals surface area contributed by atoms with Gasteiger partial charge in [0.1, 0.15) is 6.61 Å². The molecule has 3 aromatic carbocycles. The van der Waals surface area contributed by atoms with Crippen molar-refractivity contribution in [2.75, 3.05) is 16.4 Å². The maximum absolute atomic E-state index is 12.9. The molecule has 0 saturated carbocycles. The monoisotopic (exact) mass is 390 g/mol. The number of nitrogens with two attached hydrogens (primary N) is 3. The van der Waals surface area contributed by atoms with E-state index in [4.69, 9.17) is 21.9 Å². The van der Waals surface area contributed by atoms with Gasteiger partial charge in [0.15, 0.2) is 0 Å². The van der Waals surface area contributed by atoms with Crippen LogP contribution in [0.25, 0.3) is 0 Å². The van der Waals surface area contributed by atoms with Crippen LogP contribution in [-0.2, 0) is 17.9 Å². The van der Waals surface area contributed by atoms with E-state index in [2.05, 4.69) is 0 Å². The lowest BCUT2D eigenvalue weighted by Gasteiger charge is -2.24. The van der Waals surface area contributed by atoms with E-state index in [1.807, 2.05) is 6.07 Å². The van der Waals surface area contributed by atoms with E-state index in [1.54, 1.807) is 66.7 Å². The molecule has 148 valence electrons. The molecule has 0 aliphatic rings. The normalized spacial score (nSPS) is 10.3. The molecule has 0 atom stereocenters. The number of nitrogens with zero attached hydrogens (tertiary/aromatic N) is 1. The van der Waals surface area contributed by atoms with Gasteiger partial charge in [0.2, 0.25) is 5.91 Å². The summed E-state index contributed by atoms with van der Waals surface area (Å²) in [6, 6.07) is 20.9. The number of primary amides is 1. The Kier molecular flexibility index (Phi) is 5.99. The molecule has 0 bridgehead atoms. The molecule has 2 amide bonds. The van der Waals surface area contributed by atoms with Crippen molar-refractivity contribution >= 4 is 29.1 Å². The maximum atomic E-state index is 12.9. The number of carbonyl (C=O) groups excluding carboxylic acids is 2. The fraction of sp³-hybridized carbons (Fsp3) is 0.0909. The van der Waals surface area contributed by atoms with E-state index >= 15 is 0 Å². The van der Waals surface area contributed by atoms with Crippen molar-refractivity contribution in [3.05, 3.63) is 89.5 Å². The lowest BCUT2D eigenvalue weighted by Crippen LogP contribution is -2.31. The number of hydrogen-bond donors (Lipinski definition) is 3. The third-order valence-electron chi connectivity index (χ3n) is 4.34. The third-order valence-corrected chi connectivity index (χ3v) is 4.34. The Hall–Kier alpha value is -4.00. The lowest BCUT2D eigenvalue weighted by atomic mass is 10.1. The predicted octanol–water partition coefficient (Wildman–Crippen LogP) is 3.29. The minimum absolute atomic E-state index is 0.0771. The number of anilines is 3. The van der Waals surface area contributed by atoms with Crippen LogP contribution in [-0.4, -0.2) is 12.0 Å². The van der Waals surface area contributed by atoms with E-state index in [-0.39, 0.29) is 13.2 Å². The Balaban J connectivity index is 1.81. The zero-order valence-corrected chi connectivity index (χ0v) is 15.7. The first kappa shape index (κ1) is 19.8. The highest BCUT2D eigenvalue weighted by molar-refractivity contribution is 5.93. The summed E-state index contributed by atoms with van der Waals surface area (Å²) >= 11 is 0. The molecule has 0 aliphatic carbocycles. The Bertz CT molecular complexity index is 1020. The van der Waals surface area contributed by atoms with Crippen molar-refractivity contribution in [3.63, 3.8) is 0 Å². The Labute approximate surface area is 168 Å². The number of ether oxygens (including phenoxy) is 1. The average molecular weight is 390 g/mol. The van der Waals surface area contributed by atoms with Gasteiger partial charge in [-0.25, -0.2) is 4.79 Å². The van der Waals surface area contributed by atoms with E-state index in [1.165, 1.54) is 4.90 Å². The second-order valence-electron chi connectivity index (χ2n) is 6.51. The van der Waals surface area contributed by atoms with Gasteiger partial charge in [0.05, 0.1) is 17.9 Å². The highest BCUT2D eigenvalue weighted by Gasteiger charge is 2.20. The smallest absolute Gasteiger partial charge is 0.415 e. The van der Waals surface area contributed by atoms with Crippen LogP contribution >= 0.6 is 0 Å². The zero-order chi connectivity index (χ0) is 20.8. The van der Waals surface area contributed by atoms with Crippen molar-refractivity contribution in [3.8, 4) is 0 Å². The van der Waals surface area contributed by atoms with Crippen LogP contribution in [0.4, 0.5) is 21.9 Å². The molecule has 3 rings (SSSR count). The number of rotatable bonds is 6. The molecule has 0 spiro atoms. The van der Waals surface area contributed by atoms with E-state index in [9.17, 15) is 9.59 Å². The molecule has 0 aromatic heterocycles. The zero-order valence-electron chi connectivity index (χ0n) is 15.7. The van der Waals surface area contributed by atoms with Gasteiger partial charge in [-0.2, -0.15) is 0 Å². The van der Waals surface area contributed by atoms with Crippen LogP contribution in [0.5, 0.6) is 0 Å². The summed E-state index contributed by atoms with van der Waals surface area (Å²) in [5.41, 5.74) is 20.7. The van der Waals surface area contributed by atoms with Crippen LogP contribution < -0.4 is 22.1 Å². The molecular weight excluding hydrogens is 368 g/mol. The van der Waals surface area contributed by atoms with E-state index in [0.29, 0.717) is 22.6 Å². The second kappa shape index (κ2) is 8.79. The van der Waals surface area contributed by atoms with Gasteiger partial charge in [-0.3, -0.25) is 9.69 Å². The van der Waals surface area contributed by atoms with Crippen LogP contribution in [0.3, 0.4) is 0 Å². The number of hydrogen-bond acceptors (Lipinski definition) is 5. The largest absolute Gasteiger partial charge is 0.444 e. The summed E-state index contributed by atoms with van der Waals surface area (Å²) in [5, 5.41) is 0. The van der Waals surface area contributed by atoms with Gasteiger partial charge in [-0.05, 0) is 47.5 Å². The molecule has 0 fully saturated rings. The molecule has 0 heterocycles. The van der Waals surface area contributed by atoms with Crippen LogP contribution in [0.2, 0.25) is 0 Å². The van der Waals surface area contributed by atoms with Crippen molar-refractivity contribution in [2.24, 2.45) is 5.73 Å². The Morgan fingerprint density at radius 2 is 1.59 bits per heavy atom. The fourth-order valence-electron chi connectivity index (χ4n) is 2.84. The summed E-state index contributed by atoms with van der Waals surface area (Å²) in [5.74, 6) is -0.512. The summed E-state index contributed by atoms with van der Waals surface area (Å²) in [6.07, 6.45) is -0.552. The molecule has 3 aromatic rings. The summed E-state index contributed by atoms with van der Waals surface area (Å²) < 4.78 is 5.49. The van der Waals surface area contributed by atoms with Gasteiger partial charge in [-0.15, -0.1) is 0 Å². The van der Waals surface area contributed by atoms with Crippen molar-refractivity contribution in [2.45, 2.75) is 13.2 Å². The van der Waals surface area contributed by atoms with Gasteiger partial charge in [-0.1, -0.05) is 36.4 Å².